The van der Waals surface area contributed by atoms with Crippen LogP contribution in [0.5, 0.6) is 17.2 Å². The molecule has 2 aromatic rings. The van der Waals surface area contributed by atoms with Gasteiger partial charge in [0.25, 0.3) is 5.91 Å². The fraction of sp³-hybridized carbons (Fsp3) is 0.200. The molecule has 2 atom stereocenters. The van der Waals surface area contributed by atoms with Crippen LogP contribution in [0.4, 0.5) is 10.5 Å². The Hall–Kier alpha value is -2.76. The Morgan fingerprint density at radius 2 is 1.94 bits per heavy atom. The normalized spacial score (nSPS) is 14.2. The van der Waals surface area contributed by atoms with E-state index in [0.29, 0.717) is 31.7 Å². The molecule has 3 rings (SSSR count). The average Bonchev–Trinajstić information content (AvgIpc) is 3.20. The molecule has 4 N–H and O–H groups in total. The van der Waals surface area contributed by atoms with Gasteiger partial charge in [-0.15, -0.1) is 0 Å². The Balaban J connectivity index is 1.84. The number of hydrogen-bond donors (Lipinski definition) is 4. The van der Waals surface area contributed by atoms with Gasteiger partial charge in [-0.2, -0.15) is 0 Å². The summed E-state index contributed by atoms with van der Waals surface area (Å²) in [5.41, 5.74) is 2.23. The number of phenols is 1. The molecule has 0 fully saturated rings. The summed E-state index contributed by atoms with van der Waals surface area (Å²) in [5, 5.41) is 21.8. The van der Waals surface area contributed by atoms with E-state index in [4.69, 9.17) is 19.4 Å². The lowest BCUT2D eigenvalue weighted by Gasteiger charge is -2.24. The average molecular weight is 558 g/mol. The Kier molecular flexibility index (Phi) is 7.42. The predicted octanol–water partition coefficient (Wildman–Crippen LogP) is 4.63. The van der Waals surface area contributed by atoms with Crippen LogP contribution in [0.3, 0.4) is 0 Å². The number of carbonyl (C=O) groups excluding carboxylic acids is 2. The Morgan fingerprint density at radius 1 is 1.19 bits per heavy atom. The van der Waals surface area contributed by atoms with E-state index in [1.54, 1.807) is 37.3 Å². The zero-order valence-electron chi connectivity index (χ0n) is 16.1. The molecule has 0 unspecified atom stereocenters. The monoisotopic (exact) mass is 556 g/mol. The minimum absolute atomic E-state index is 0.105. The Bertz CT molecular complexity index is 1030. The number of hydrogen-bond acceptors (Lipinski definition) is 7. The number of carbonyl (C=O) groups is 2. The van der Waals surface area contributed by atoms with Gasteiger partial charge in [0.15, 0.2) is 11.5 Å². The highest BCUT2D eigenvalue weighted by Gasteiger charge is 2.27. The van der Waals surface area contributed by atoms with Gasteiger partial charge in [0.1, 0.15) is 11.9 Å². The molecule has 164 valence electrons. The lowest BCUT2D eigenvalue weighted by molar-refractivity contribution is -0.124. The zero-order valence-corrected chi connectivity index (χ0v) is 19.3. The molecule has 11 heteroatoms. The minimum atomic E-state index is -0.967. The van der Waals surface area contributed by atoms with Gasteiger partial charge >= 0.3 is 6.09 Å². The summed E-state index contributed by atoms with van der Waals surface area (Å²) in [6, 6.07) is 8.13. The van der Waals surface area contributed by atoms with Crippen molar-refractivity contribution in [1.82, 2.24) is 5.48 Å². The summed E-state index contributed by atoms with van der Waals surface area (Å²) >= 11 is 6.61. The number of benzene rings is 2. The SMILES string of the molecule is C[C@H](/C=C/C(=O)NO)[C@H](OC(=O)Nc1ccc2c(c1)OCO2)c1cc(Br)cc(Br)c1O. The zero-order chi connectivity index (χ0) is 22.5. The standard InChI is InChI=1S/C20H18Br2N2O7/c1-10(2-5-17(25)24-28)19(13-6-11(21)7-14(22)18(13)26)31-20(27)23-12-3-4-15-16(8-12)30-9-29-15/h2-8,10,19,26,28H,9H2,1H3,(H,23,27)(H,24,25)/b5-2+/t10-,19+/m1/s1. The number of ether oxygens (including phenoxy) is 3. The van der Waals surface area contributed by atoms with E-state index in [0.717, 1.165) is 6.08 Å². The summed E-state index contributed by atoms with van der Waals surface area (Å²) in [5.74, 6) is -0.339. The van der Waals surface area contributed by atoms with Crippen LogP contribution in [0.1, 0.15) is 18.6 Å². The maximum absolute atomic E-state index is 12.6. The predicted molar refractivity (Wildman–Crippen MR) is 117 cm³/mol. The first-order valence-electron chi connectivity index (χ1n) is 8.96. The van der Waals surface area contributed by atoms with Crippen LogP contribution in [-0.4, -0.2) is 29.1 Å². The molecule has 0 aromatic heterocycles. The number of amides is 2. The second kappa shape index (κ2) is 10.0. The first-order chi connectivity index (χ1) is 14.8. The molecule has 2 amide bonds. The Labute approximate surface area is 194 Å². The van der Waals surface area contributed by atoms with Crippen molar-refractivity contribution in [3.05, 3.63) is 57.0 Å². The third-order valence-corrected chi connectivity index (χ3v) is 5.42. The minimum Gasteiger partial charge on any atom is -0.506 e. The van der Waals surface area contributed by atoms with Crippen molar-refractivity contribution in [2.24, 2.45) is 5.92 Å². The quantitative estimate of drug-likeness (QED) is 0.232. The van der Waals surface area contributed by atoms with Gasteiger partial charge in [0.2, 0.25) is 6.79 Å². The second-order valence-electron chi connectivity index (χ2n) is 6.54. The van der Waals surface area contributed by atoms with E-state index in [1.165, 1.54) is 11.6 Å². The highest BCUT2D eigenvalue weighted by molar-refractivity contribution is 9.11. The molecule has 0 radical (unpaired) electrons. The van der Waals surface area contributed by atoms with Gasteiger partial charge in [-0.05, 0) is 40.2 Å². The maximum Gasteiger partial charge on any atom is 0.412 e. The number of fused-ring (bicyclic) bond motifs is 1. The van der Waals surface area contributed by atoms with Crippen molar-refractivity contribution in [2.45, 2.75) is 13.0 Å². The highest BCUT2D eigenvalue weighted by Crippen LogP contribution is 2.40. The van der Waals surface area contributed by atoms with Crippen LogP contribution in [0.15, 0.2) is 51.4 Å². The van der Waals surface area contributed by atoms with Crippen molar-refractivity contribution in [3.63, 3.8) is 0 Å². The van der Waals surface area contributed by atoms with Crippen LogP contribution in [0.2, 0.25) is 0 Å². The van der Waals surface area contributed by atoms with Gasteiger partial charge in [-0.1, -0.05) is 28.9 Å². The van der Waals surface area contributed by atoms with E-state index >= 15 is 0 Å². The van der Waals surface area contributed by atoms with Crippen LogP contribution in [0.25, 0.3) is 0 Å². The molecule has 0 saturated heterocycles. The number of halogens is 2. The number of nitrogens with one attached hydrogen (secondary N) is 2. The number of phenolic OH excluding ortho intramolecular Hbond substituents is 1. The summed E-state index contributed by atoms with van der Waals surface area (Å²) < 4.78 is 17.2. The summed E-state index contributed by atoms with van der Waals surface area (Å²) in [6.45, 7) is 1.79. The van der Waals surface area contributed by atoms with Gasteiger partial charge < -0.3 is 19.3 Å². The first-order valence-corrected chi connectivity index (χ1v) is 10.5. The topological polar surface area (TPSA) is 126 Å². The van der Waals surface area contributed by atoms with Crippen LogP contribution in [0, 0.1) is 5.92 Å². The highest BCUT2D eigenvalue weighted by atomic mass is 79.9. The second-order valence-corrected chi connectivity index (χ2v) is 8.31. The molecule has 0 aliphatic carbocycles. The number of anilines is 1. The van der Waals surface area contributed by atoms with Crippen molar-refractivity contribution >= 4 is 49.5 Å². The molecule has 31 heavy (non-hydrogen) atoms. The van der Waals surface area contributed by atoms with Crippen molar-refractivity contribution in [2.75, 3.05) is 12.1 Å². The molecule has 1 aliphatic rings. The lowest BCUT2D eigenvalue weighted by atomic mass is 9.96. The lowest BCUT2D eigenvalue weighted by Crippen LogP contribution is -2.22. The molecule has 1 aliphatic heterocycles. The fourth-order valence-corrected chi connectivity index (χ4v) is 4.13. The van der Waals surface area contributed by atoms with Crippen LogP contribution in [-0.2, 0) is 9.53 Å². The molecule has 9 nitrogen and oxygen atoms in total. The number of rotatable bonds is 6. The molecule has 2 aromatic carbocycles. The summed E-state index contributed by atoms with van der Waals surface area (Å²) in [6.07, 6.45) is 0.788. The van der Waals surface area contributed by atoms with E-state index in [1.807, 2.05) is 0 Å². The smallest absolute Gasteiger partial charge is 0.412 e. The third kappa shape index (κ3) is 5.69. The van der Waals surface area contributed by atoms with Crippen LogP contribution < -0.4 is 20.3 Å². The number of aromatic hydroxyl groups is 1. The number of hydroxylamine groups is 1. The van der Waals surface area contributed by atoms with Crippen molar-refractivity contribution < 1.29 is 34.1 Å². The third-order valence-electron chi connectivity index (χ3n) is 4.36. The first kappa shape index (κ1) is 22.9. The van der Waals surface area contributed by atoms with Gasteiger partial charge in [-0.25, -0.2) is 10.3 Å². The maximum atomic E-state index is 12.6. The summed E-state index contributed by atoms with van der Waals surface area (Å²) in [7, 11) is 0. The Morgan fingerprint density at radius 3 is 2.68 bits per heavy atom. The largest absolute Gasteiger partial charge is 0.506 e. The molecule has 1 heterocycles. The molecular formula is C20H18Br2N2O7. The van der Waals surface area contributed by atoms with Crippen molar-refractivity contribution in [1.29, 1.82) is 0 Å². The molecular weight excluding hydrogens is 540 g/mol. The van der Waals surface area contributed by atoms with Crippen molar-refractivity contribution in [3.8, 4) is 17.2 Å². The van der Waals surface area contributed by atoms with Crippen LogP contribution >= 0.6 is 31.9 Å². The molecule has 0 spiro atoms. The summed E-state index contributed by atoms with van der Waals surface area (Å²) in [4.78, 5) is 24.0. The van der Waals surface area contributed by atoms with Gasteiger partial charge in [0.05, 0.1) is 4.47 Å². The van der Waals surface area contributed by atoms with E-state index < -0.39 is 24.0 Å². The molecule has 0 bridgehead atoms. The van der Waals surface area contributed by atoms with Gasteiger partial charge in [0, 0.05) is 33.8 Å². The molecule has 0 saturated carbocycles. The van der Waals surface area contributed by atoms with Gasteiger partial charge in [-0.3, -0.25) is 15.3 Å². The van der Waals surface area contributed by atoms with E-state index in [-0.39, 0.29) is 12.5 Å². The fourth-order valence-electron chi connectivity index (χ4n) is 2.87. The van der Waals surface area contributed by atoms with E-state index in [2.05, 4.69) is 37.2 Å². The van der Waals surface area contributed by atoms with E-state index in [9.17, 15) is 14.7 Å².